The van der Waals surface area contributed by atoms with Crippen molar-refractivity contribution in [3.63, 3.8) is 0 Å². The van der Waals surface area contributed by atoms with Crippen molar-refractivity contribution < 1.29 is 13.2 Å². The second-order valence-corrected chi connectivity index (χ2v) is 7.49. The fourth-order valence-corrected chi connectivity index (χ4v) is 4.10. The lowest BCUT2D eigenvalue weighted by Crippen LogP contribution is -2.54. The Morgan fingerprint density at radius 2 is 2.12 bits per heavy atom. The van der Waals surface area contributed by atoms with Crippen LogP contribution in [-0.2, 0) is 14.6 Å². The number of rotatable bonds is 4. The maximum Gasteiger partial charge on any atom is 0.237 e. The summed E-state index contributed by atoms with van der Waals surface area (Å²) in [5, 5.41) is 2.78. The van der Waals surface area contributed by atoms with Gasteiger partial charge in [-0.05, 0) is 19.3 Å². The number of carbonyl (C=O) groups excluding carboxylic acids is 1. The van der Waals surface area contributed by atoms with Crippen molar-refractivity contribution in [1.82, 2.24) is 5.32 Å². The van der Waals surface area contributed by atoms with Crippen LogP contribution in [-0.4, -0.2) is 37.4 Å². The van der Waals surface area contributed by atoms with Gasteiger partial charge in [-0.25, -0.2) is 8.42 Å². The molecule has 1 heterocycles. The highest BCUT2D eigenvalue weighted by molar-refractivity contribution is 7.91. The fourth-order valence-electron chi connectivity index (χ4n) is 2.00. The summed E-state index contributed by atoms with van der Waals surface area (Å²) in [6.45, 7) is 5.65. The van der Waals surface area contributed by atoms with Crippen LogP contribution in [0.15, 0.2) is 0 Å². The second kappa shape index (κ2) is 4.94. The van der Waals surface area contributed by atoms with Gasteiger partial charge in [0.15, 0.2) is 9.84 Å². The summed E-state index contributed by atoms with van der Waals surface area (Å²) in [6.07, 6.45) is 1.29. The molecule has 1 amide bonds. The van der Waals surface area contributed by atoms with Gasteiger partial charge in [-0.15, -0.1) is 0 Å². The van der Waals surface area contributed by atoms with Gasteiger partial charge in [0, 0.05) is 0 Å². The molecule has 0 spiro atoms. The Bertz CT molecular complexity index is 394. The van der Waals surface area contributed by atoms with Crippen LogP contribution in [0.1, 0.15) is 33.6 Å². The molecular formula is C11H22N2O3S. The number of amides is 1. The number of nitrogens with two attached hydrogens (primary N) is 1. The lowest BCUT2D eigenvalue weighted by molar-refractivity contribution is -0.124. The van der Waals surface area contributed by atoms with Crippen LogP contribution in [0, 0.1) is 5.92 Å². The lowest BCUT2D eigenvalue weighted by atomic mass is 9.96. The van der Waals surface area contributed by atoms with Gasteiger partial charge in [0.1, 0.15) is 0 Å². The largest absolute Gasteiger partial charge is 0.349 e. The Labute approximate surface area is 103 Å². The van der Waals surface area contributed by atoms with Crippen LogP contribution in [0.3, 0.4) is 0 Å². The van der Waals surface area contributed by atoms with E-state index in [0.29, 0.717) is 6.42 Å². The molecule has 1 aliphatic rings. The van der Waals surface area contributed by atoms with Gasteiger partial charge in [-0.1, -0.05) is 20.3 Å². The molecule has 3 N–H and O–H groups in total. The molecule has 0 aromatic rings. The molecule has 1 fully saturated rings. The van der Waals surface area contributed by atoms with Crippen LogP contribution < -0.4 is 11.1 Å². The van der Waals surface area contributed by atoms with E-state index in [1.54, 1.807) is 6.92 Å². The third-order valence-electron chi connectivity index (χ3n) is 3.49. The van der Waals surface area contributed by atoms with Gasteiger partial charge >= 0.3 is 0 Å². The van der Waals surface area contributed by atoms with Crippen LogP contribution in [0.25, 0.3) is 0 Å². The monoisotopic (exact) mass is 262 g/mol. The van der Waals surface area contributed by atoms with Gasteiger partial charge in [-0.3, -0.25) is 4.79 Å². The minimum atomic E-state index is -3.01. The van der Waals surface area contributed by atoms with Gasteiger partial charge < -0.3 is 11.1 Å². The molecule has 3 atom stereocenters. The molecule has 0 aliphatic carbocycles. The normalized spacial score (nSPS) is 30.8. The second-order valence-electron chi connectivity index (χ2n) is 5.30. The Kier molecular flexibility index (Phi) is 4.19. The Morgan fingerprint density at radius 1 is 1.53 bits per heavy atom. The Hall–Kier alpha value is -0.620. The minimum absolute atomic E-state index is 0.0129. The van der Waals surface area contributed by atoms with Gasteiger partial charge in [0.05, 0.1) is 23.1 Å². The SMILES string of the molecule is CCC(C)C(N)C(=O)NC1(C)CCS(=O)(=O)C1. The zero-order chi connectivity index (χ0) is 13.3. The number of carbonyl (C=O) groups is 1. The van der Waals surface area contributed by atoms with Crippen molar-refractivity contribution in [1.29, 1.82) is 0 Å². The summed E-state index contributed by atoms with van der Waals surface area (Å²) < 4.78 is 22.8. The quantitative estimate of drug-likeness (QED) is 0.749. The summed E-state index contributed by atoms with van der Waals surface area (Å²) in [6, 6.07) is -0.569. The highest BCUT2D eigenvalue weighted by Gasteiger charge is 2.40. The highest BCUT2D eigenvalue weighted by Crippen LogP contribution is 2.23. The molecule has 1 saturated heterocycles. The van der Waals surface area contributed by atoms with E-state index < -0.39 is 21.4 Å². The van der Waals surface area contributed by atoms with Gasteiger partial charge in [0.2, 0.25) is 5.91 Å². The first-order valence-corrected chi connectivity index (χ1v) is 7.79. The van der Waals surface area contributed by atoms with E-state index in [9.17, 15) is 13.2 Å². The standard InChI is InChI=1S/C11H22N2O3S/c1-4-8(2)9(12)10(14)13-11(3)5-6-17(15,16)7-11/h8-9H,4-7,12H2,1-3H3,(H,13,14). The molecule has 0 bridgehead atoms. The number of hydrogen-bond donors (Lipinski definition) is 2. The predicted molar refractivity (Wildman–Crippen MR) is 67.2 cm³/mol. The molecule has 0 aromatic carbocycles. The molecule has 17 heavy (non-hydrogen) atoms. The molecule has 5 nitrogen and oxygen atoms in total. The Balaban J connectivity index is 2.64. The number of sulfone groups is 1. The molecular weight excluding hydrogens is 240 g/mol. The molecule has 0 aromatic heterocycles. The average Bonchev–Trinajstić information content (AvgIpc) is 2.50. The lowest BCUT2D eigenvalue weighted by Gasteiger charge is -2.27. The topological polar surface area (TPSA) is 89.3 Å². The average molecular weight is 262 g/mol. The number of nitrogens with one attached hydrogen (secondary N) is 1. The first-order valence-electron chi connectivity index (χ1n) is 5.97. The third-order valence-corrected chi connectivity index (χ3v) is 5.39. The predicted octanol–water partition coefficient (Wildman–Crippen LogP) is 0.0532. The summed E-state index contributed by atoms with van der Waals surface area (Å²) in [7, 11) is -3.01. The van der Waals surface area contributed by atoms with E-state index in [2.05, 4.69) is 5.32 Å². The van der Waals surface area contributed by atoms with E-state index in [-0.39, 0.29) is 23.3 Å². The maximum atomic E-state index is 11.9. The van der Waals surface area contributed by atoms with Crippen molar-refractivity contribution in [3.05, 3.63) is 0 Å². The molecule has 0 radical (unpaired) electrons. The molecule has 1 rings (SSSR count). The Morgan fingerprint density at radius 3 is 2.53 bits per heavy atom. The van der Waals surface area contributed by atoms with Crippen LogP contribution in [0.4, 0.5) is 0 Å². The molecule has 0 saturated carbocycles. The van der Waals surface area contributed by atoms with Gasteiger partial charge in [0.25, 0.3) is 0 Å². The van der Waals surface area contributed by atoms with E-state index >= 15 is 0 Å². The smallest absolute Gasteiger partial charge is 0.237 e. The van der Waals surface area contributed by atoms with Crippen molar-refractivity contribution in [2.45, 2.75) is 45.2 Å². The zero-order valence-electron chi connectivity index (χ0n) is 10.7. The summed E-state index contributed by atoms with van der Waals surface area (Å²) in [5.41, 5.74) is 5.16. The fraction of sp³-hybridized carbons (Fsp3) is 0.909. The highest BCUT2D eigenvalue weighted by atomic mass is 32.2. The first kappa shape index (κ1) is 14.4. The first-order chi connectivity index (χ1) is 7.69. The van der Waals surface area contributed by atoms with Crippen LogP contribution >= 0.6 is 0 Å². The van der Waals surface area contributed by atoms with Crippen LogP contribution in [0.2, 0.25) is 0 Å². The third kappa shape index (κ3) is 3.67. The van der Waals surface area contributed by atoms with E-state index in [1.807, 2.05) is 13.8 Å². The molecule has 1 aliphatic heterocycles. The summed E-state index contributed by atoms with van der Waals surface area (Å²) in [4.78, 5) is 11.9. The van der Waals surface area contributed by atoms with Crippen LogP contribution in [0.5, 0.6) is 0 Å². The minimum Gasteiger partial charge on any atom is -0.349 e. The molecule has 3 unspecified atom stereocenters. The van der Waals surface area contributed by atoms with E-state index in [4.69, 9.17) is 5.73 Å². The van der Waals surface area contributed by atoms with E-state index in [1.165, 1.54) is 0 Å². The van der Waals surface area contributed by atoms with Crippen molar-refractivity contribution in [2.24, 2.45) is 11.7 Å². The summed E-state index contributed by atoms with van der Waals surface area (Å²) >= 11 is 0. The van der Waals surface area contributed by atoms with Crippen molar-refractivity contribution in [3.8, 4) is 0 Å². The summed E-state index contributed by atoms with van der Waals surface area (Å²) in [5.74, 6) is -0.00281. The van der Waals surface area contributed by atoms with Gasteiger partial charge in [-0.2, -0.15) is 0 Å². The number of hydrogen-bond acceptors (Lipinski definition) is 4. The molecule has 6 heteroatoms. The van der Waals surface area contributed by atoms with Crippen molar-refractivity contribution >= 4 is 15.7 Å². The zero-order valence-corrected chi connectivity index (χ0v) is 11.5. The van der Waals surface area contributed by atoms with Crippen molar-refractivity contribution in [2.75, 3.05) is 11.5 Å². The van der Waals surface area contributed by atoms with E-state index in [0.717, 1.165) is 6.42 Å². The maximum absolute atomic E-state index is 11.9. The molecule has 100 valence electrons.